The van der Waals surface area contributed by atoms with Gasteiger partial charge >= 0.3 is 12.0 Å². The van der Waals surface area contributed by atoms with Gasteiger partial charge in [-0.1, -0.05) is 0 Å². The Kier molecular flexibility index (Phi) is 4.38. The van der Waals surface area contributed by atoms with E-state index >= 15 is 0 Å². The monoisotopic (exact) mass is 258 g/mol. The molecule has 102 valence electrons. The van der Waals surface area contributed by atoms with E-state index < -0.39 is 12.1 Å². The lowest BCUT2D eigenvalue weighted by atomic mass is 10.2. The summed E-state index contributed by atoms with van der Waals surface area (Å²) in [5.74, 6) is -0.911. The first-order valence-electron chi connectivity index (χ1n) is 6.11. The van der Waals surface area contributed by atoms with Gasteiger partial charge in [-0.2, -0.15) is 0 Å². The molecule has 2 amide bonds. The van der Waals surface area contributed by atoms with Crippen LogP contribution in [0, 0.1) is 0 Å². The van der Waals surface area contributed by atoms with Crippen LogP contribution in [0.15, 0.2) is 0 Å². The van der Waals surface area contributed by atoms with E-state index in [2.05, 4.69) is 5.32 Å². The topological polar surface area (TPSA) is 88.1 Å². The van der Waals surface area contributed by atoms with Crippen molar-refractivity contribution in [1.29, 1.82) is 0 Å². The van der Waals surface area contributed by atoms with Gasteiger partial charge in [-0.3, -0.25) is 4.79 Å². The van der Waals surface area contributed by atoms with E-state index in [4.69, 9.17) is 14.6 Å². The number of carboxylic acid groups (broad SMARTS) is 1. The number of nitrogens with zero attached hydrogens (tertiary/aromatic N) is 1. The molecular formula is C11H18N2O5. The molecule has 2 aliphatic heterocycles. The second-order valence-electron chi connectivity index (χ2n) is 4.55. The van der Waals surface area contributed by atoms with Gasteiger partial charge in [0, 0.05) is 19.7 Å². The third-order valence-corrected chi connectivity index (χ3v) is 3.09. The van der Waals surface area contributed by atoms with Crippen molar-refractivity contribution < 1.29 is 24.2 Å². The summed E-state index contributed by atoms with van der Waals surface area (Å²) in [6, 6.07) is -0.0949. The van der Waals surface area contributed by atoms with Crippen molar-refractivity contribution in [2.24, 2.45) is 0 Å². The van der Waals surface area contributed by atoms with Crippen LogP contribution in [0.5, 0.6) is 0 Å². The summed E-state index contributed by atoms with van der Waals surface area (Å²) >= 11 is 0. The smallest absolute Gasteiger partial charge is 0.317 e. The number of nitrogens with one attached hydrogen (secondary N) is 1. The van der Waals surface area contributed by atoms with Crippen LogP contribution in [0.1, 0.15) is 12.8 Å². The molecule has 2 fully saturated rings. The SMILES string of the molecule is O=C(O)CC1CN(C(=O)NC2CCOC2)CCO1. The fraction of sp³-hybridized carbons (Fsp3) is 0.818. The van der Waals surface area contributed by atoms with Gasteiger partial charge in [0.05, 0.1) is 31.8 Å². The van der Waals surface area contributed by atoms with Crippen LogP contribution in [0.2, 0.25) is 0 Å². The molecule has 7 heteroatoms. The molecule has 2 heterocycles. The molecule has 2 rings (SSSR count). The van der Waals surface area contributed by atoms with E-state index in [-0.39, 0.29) is 18.5 Å². The van der Waals surface area contributed by atoms with Gasteiger partial charge in [0.1, 0.15) is 0 Å². The fourth-order valence-electron chi connectivity index (χ4n) is 2.14. The zero-order chi connectivity index (χ0) is 13.0. The number of urea groups is 1. The molecule has 2 atom stereocenters. The molecule has 2 aliphatic rings. The van der Waals surface area contributed by atoms with Gasteiger partial charge in [0.25, 0.3) is 0 Å². The fourth-order valence-corrected chi connectivity index (χ4v) is 2.14. The molecule has 0 bridgehead atoms. The second kappa shape index (κ2) is 6.01. The number of ether oxygens (including phenoxy) is 2. The Morgan fingerprint density at radius 3 is 2.89 bits per heavy atom. The molecule has 2 N–H and O–H groups in total. The van der Waals surface area contributed by atoms with Crippen molar-refractivity contribution in [2.45, 2.75) is 25.0 Å². The number of aliphatic carboxylic acids is 1. The predicted molar refractivity (Wildman–Crippen MR) is 61.3 cm³/mol. The predicted octanol–water partition coefficient (Wildman–Crippen LogP) is -0.340. The molecule has 0 spiro atoms. The zero-order valence-corrected chi connectivity index (χ0v) is 10.1. The van der Waals surface area contributed by atoms with E-state index in [1.165, 1.54) is 0 Å². The molecule has 0 aliphatic carbocycles. The molecule has 2 unspecified atom stereocenters. The standard InChI is InChI=1S/C11H18N2O5/c14-10(15)5-9-6-13(2-4-18-9)11(16)12-8-1-3-17-7-8/h8-9H,1-7H2,(H,12,16)(H,14,15). The highest BCUT2D eigenvalue weighted by atomic mass is 16.5. The van der Waals surface area contributed by atoms with Crippen LogP contribution in [0.3, 0.4) is 0 Å². The number of carboxylic acids is 1. The average molecular weight is 258 g/mol. The lowest BCUT2D eigenvalue weighted by Crippen LogP contribution is -2.52. The molecule has 0 aromatic heterocycles. The van der Waals surface area contributed by atoms with E-state index in [9.17, 15) is 9.59 Å². The van der Waals surface area contributed by atoms with Crippen molar-refractivity contribution in [3.05, 3.63) is 0 Å². The van der Waals surface area contributed by atoms with Crippen LogP contribution in [-0.2, 0) is 14.3 Å². The number of rotatable bonds is 3. The van der Waals surface area contributed by atoms with Crippen molar-refractivity contribution in [1.82, 2.24) is 10.2 Å². The Labute approximate surface area is 105 Å². The minimum atomic E-state index is -0.911. The highest BCUT2D eigenvalue weighted by Gasteiger charge is 2.27. The number of hydrogen-bond donors (Lipinski definition) is 2. The summed E-state index contributed by atoms with van der Waals surface area (Å²) in [6.45, 7) is 2.43. The molecular weight excluding hydrogens is 240 g/mol. The van der Waals surface area contributed by atoms with Crippen LogP contribution >= 0.6 is 0 Å². The maximum absolute atomic E-state index is 11.9. The summed E-state index contributed by atoms with van der Waals surface area (Å²) in [4.78, 5) is 24.2. The van der Waals surface area contributed by atoms with E-state index in [1.807, 2.05) is 0 Å². The van der Waals surface area contributed by atoms with Crippen molar-refractivity contribution >= 4 is 12.0 Å². The van der Waals surface area contributed by atoms with Gasteiger partial charge in [-0.25, -0.2) is 4.79 Å². The molecule has 0 radical (unpaired) electrons. The Hall–Kier alpha value is -1.34. The van der Waals surface area contributed by atoms with Crippen molar-refractivity contribution in [3.63, 3.8) is 0 Å². The summed E-state index contributed by atoms with van der Waals surface area (Å²) in [5, 5.41) is 11.6. The number of morpholine rings is 1. The lowest BCUT2D eigenvalue weighted by Gasteiger charge is -2.33. The first-order chi connectivity index (χ1) is 8.65. The van der Waals surface area contributed by atoms with Crippen LogP contribution in [0.4, 0.5) is 4.79 Å². The average Bonchev–Trinajstić information content (AvgIpc) is 2.81. The maximum Gasteiger partial charge on any atom is 0.317 e. The normalized spacial score (nSPS) is 28.1. The van der Waals surface area contributed by atoms with Crippen LogP contribution < -0.4 is 5.32 Å². The number of carbonyl (C=O) groups excluding carboxylic acids is 1. The third-order valence-electron chi connectivity index (χ3n) is 3.09. The van der Waals surface area contributed by atoms with Crippen molar-refractivity contribution in [3.8, 4) is 0 Å². The Morgan fingerprint density at radius 1 is 1.39 bits per heavy atom. The Morgan fingerprint density at radius 2 is 2.22 bits per heavy atom. The Balaban J connectivity index is 1.79. The highest BCUT2D eigenvalue weighted by Crippen LogP contribution is 2.10. The first kappa shape index (κ1) is 13.1. The minimum absolute atomic E-state index is 0.0678. The number of hydrogen-bond acceptors (Lipinski definition) is 4. The number of amides is 2. The van der Waals surface area contributed by atoms with Gasteiger partial charge in [-0.05, 0) is 6.42 Å². The quantitative estimate of drug-likeness (QED) is 0.723. The van der Waals surface area contributed by atoms with E-state index in [0.29, 0.717) is 32.9 Å². The van der Waals surface area contributed by atoms with Crippen LogP contribution in [0.25, 0.3) is 0 Å². The summed E-state index contributed by atoms with van der Waals surface area (Å²) in [5.41, 5.74) is 0. The van der Waals surface area contributed by atoms with E-state index in [1.54, 1.807) is 4.90 Å². The zero-order valence-electron chi connectivity index (χ0n) is 10.1. The molecule has 2 saturated heterocycles. The number of carbonyl (C=O) groups is 2. The molecule has 0 saturated carbocycles. The highest BCUT2D eigenvalue weighted by molar-refractivity contribution is 5.75. The van der Waals surface area contributed by atoms with Gasteiger partial charge in [0.2, 0.25) is 0 Å². The second-order valence-corrected chi connectivity index (χ2v) is 4.55. The maximum atomic E-state index is 11.9. The van der Waals surface area contributed by atoms with E-state index in [0.717, 1.165) is 6.42 Å². The molecule has 0 aromatic carbocycles. The third kappa shape index (κ3) is 3.58. The minimum Gasteiger partial charge on any atom is -0.481 e. The largest absolute Gasteiger partial charge is 0.481 e. The molecule has 7 nitrogen and oxygen atoms in total. The van der Waals surface area contributed by atoms with Gasteiger partial charge < -0.3 is 24.8 Å². The van der Waals surface area contributed by atoms with Gasteiger partial charge in [-0.15, -0.1) is 0 Å². The lowest BCUT2D eigenvalue weighted by molar-refractivity contribution is -0.141. The molecule has 18 heavy (non-hydrogen) atoms. The summed E-state index contributed by atoms with van der Waals surface area (Å²) in [7, 11) is 0. The van der Waals surface area contributed by atoms with Crippen LogP contribution in [-0.4, -0.2) is 67.1 Å². The molecule has 0 aromatic rings. The van der Waals surface area contributed by atoms with Gasteiger partial charge in [0.15, 0.2) is 0 Å². The summed E-state index contributed by atoms with van der Waals surface area (Å²) in [6.07, 6.45) is 0.340. The Bertz CT molecular complexity index is 317. The van der Waals surface area contributed by atoms with Crippen molar-refractivity contribution in [2.75, 3.05) is 32.9 Å². The summed E-state index contributed by atoms with van der Waals surface area (Å²) < 4.78 is 10.5. The first-order valence-corrected chi connectivity index (χ1v) is 6.11.